The molecule has 3 aliphatic heterocycles. The fraction of sp³-hybridized carbons (Fsp3) is 0.710. The van der Waals surface area contributed by atoms with Gasteiger partial charge in [0.15, 0.2) is 0 Å². The highest BCUT2D eigenvalue weighted by Gasteiger charge is 2.38. The second-order valence-corrected chi connectivity index (χ2v) is 15.3. The predicted molar refractivity (Wildman–Crippen MR) is 170 cm³/mol. The molecule has 16 heteroatoms. The first-order valence-electron chi connectivity index (χ1n) is 16.2. The number of alkyl halides is 3. The van der Waals surface area contributed by atoms with Crippen LogP contribution >= 0.6 is 0 Å². The number of anilines is 1. The van der Waals surface area contributed by atoms with Crippen LogP contribution in [0.15, 0.2) is 18.6 Å². The van der Waals surface area contributed by atoms with Crippen molar-refractivity contribution in [1.82, 2.24) is 33.3 Å². The quantitative estimate of drug-likeness (QED) is 0.344. The first-order valence-corrected chi connectivity index (χ1v) is 17.6. The molecule has 12 nitrogen and oxygen atoms in total. The van der Waals surface area contributed by atoms with Crippen molar-refractivity contribution in [3.63, 3.8) is 0 Å². The predicted octanol–water partition coefficient (Wildman–Crippen LogP) is 3.08. The van der Waals surface area contributed by atoms with E-state index in [-0.39, 0.29) is 49.0 Å². The van der Waals surface area contributed by atoms with Crippen LogP contribution in [-0.2, 0) is 27.7 Å². The normalized spacial score (nSPS) is 20.8. The van der Waals surface area contributed by atoms with Crippen molar-refractivity contribution in [2.45, 2.75) is 82.8 Å². The molecule has 5 heterocycles. The van der Waals surface area contributed by atoms with Crippen LogP contribution in [0.4, 0.5) is 19.1 Å². The summed E-state index contributed by atoms with van der Waals surface area (Å²) < 4.78 is 78.6. The van der Waals surface area contributed by atoms with Gasteiger partial charge in [0, 0.05) is 69.8 Å². The van der Waals surface area contributed by atoms with E-state index in [9.17, 15) is 26.7 Å². The Morgan fingerprint density at radius 3 is 2.26 bits per heavy atom. The topological polar surface area (TPSA) is 129 Å². The highest BCUT2D eigenvalue weighted by molar-refractivity contribution is 7.86. The molecule has 0 aromatic carbocycles. The molecular weight excluding hydrogens is 637 g/mol. The summed E-state index contributed by atoms with van der Waals surface area (Å²) in [6, 6.07) is -0.212. The molecule has 0 unspecified atom stereocenters. The number of aliphatic hydroxyl groups is 1. The number of rotatable bonds is 11. The van der Waals surface area contributed by atoms with Crippen LogP contribution in [-0.4, -0.2) is 117 Å². The zero-order valence-corrected chi connectivity index (χ0v) is 27.8. The second kappa shape index (κ2) is 14.8. The standard InChI is InChI=1S/C31H45F3N8O4S/c1-4-17-46-26-9-11-39(12-10-26)20-23-5-13-41(14-6-23)47(44,45)42-15-7-25(8-16-42)37-29-35-19-27(31(32,33)34)28(38-29)24-18-36-40(21-24)22-30(2,3)43/h1,18-19,21,23,25-26,43H,5-17,20,22H2,2-3H3,(H,35,37,38). The first-order chi connectivity index (χ1) is 22.2. The van der Waals surface area contributed by atoms with Crippen LogP contribution in [0.25, 0.3) is 11.3 Å². The molecule has 0 amide bonds. The fourth-order valence-corrected chi connectivity index (χ4v) is 8.21. The van der Waals surface area contributed by atoms with Crippen molar-refractivity contribution >= 4 is 16.2 Å². The average Bonchev–Trinajstić information content (AvgIpc) is 3.47. The zero-order chi connectivity index (χ0) is 33.8. The van der Waals surface area contributed by atoms with Gasteiger partial charge in [-0.25, -0.2) is 9.97 Å². The van der Waals surface area contributed by atoms with Gasteiger partial charge < -0.3 is 20.1 Å². The van der Waals surface area contributed by atoms with Gasteiger partial charge in [0.25, 0.3) is 10.2 Å². The maximum atomic E-state index is 13.8. The largest absolute Gasteiger partial charge is 0.419 e. The molecule has 2 aromatic rings. The third kappa shape index (κ3) is 9.42. The third-order valence-corrected chi connectivity index (χ3v) is 11.1. The number of aromatic nitrogens is 4. The number of likely N-dealkylation sites (tertiary alicyclic amines) is 1. The van der Waals surface area contributed by atoms with E-state index >= 15 is 0 Å². The summed E-state index contributed by atoms with van der Waals surface area (Å²) in [6.45, 7) is 8.02. The molecule has 47 heavy (non-hydrogen) atoms. The lowest BCUT2D eigenvalue weighted by Crippen LogP contribution is -2.51. The second-order valence-electron chi connectivity index (χ2n) is 13.4. The Morgan fingerprint density at radius 1 is 1.02 bits per heavy atom. The summed E-state index contributed by atoms with van der Waals surface area (Å²) in [4.78, 5) is 10.6. The van der Waals surface area contributed by atoms with Gasteiger partial charge in [-0.05, 0) is 58.3 Å². The van der Waals surface area contributed by atoms with E-state index < -0.39 is 27.6 Å². The van der Waals surface area contributed by atoms with Gasteiger partial charge in [-0.2, -0.15) is 35.3 Å². The molecule has 2 aromatic heterocycles. The van der Waals surface area contributed by atoms with Crippen molar-refractivity contribution in [1.29, 1.82) is 0 Å². The molecule has 0 spiro atoms. The van der Waals surface area contributed by atoms with Gasteiger partial charge in [-0.15, -0.1) is 6.42 Å². The molecule has 0 bridgehead atoms. The van der Waals surface area contributed by atoms with Crippen LogP contribution in [0.2, 0.25) is 0 Å². The van der Waals surface area contributed by atoms with Crippen LogP contribution < -0.4 is 5.32 Å². The van der Waals surface area contributed by atoms with Crippen LogP contribution in [0, 0.1) is 18.3 Å². The van der Waals surface area contributed by atoms with Gasteiger partial charge in [-0.3, -0.25) is 4.68 Å². The van der Waals surface area contributed by atoms with Gasteiger partial charge in [0.05, 0.1) is 30.1 Å². The number of hydrogen-bond acceptors (Lipinski definition) is 9. The molecule has 3 saturated heterocycles. The average molecular weight is 683 g/mol. The lowest BCUT2D eigenvalue weighted by atomic mass is 9.96. The van der Waals surface area contributed by atoms with E-state index in [0.29, 0.717) is 38.5 Å². The molecule has 0 aliphatic carbocycles. The van der Waals surface area contributed by atoms with E-state index in [1.165, 1.54) is 21.4 Å². The van der Waals surface area contributed by atoms with Gasteiger partial charge in [-0.1, -0.05) is 5.92 Å². The summed E-state index contributed by atoms with van der Waals surface area (Å²) >= 11 is 0. The van der Waals surface area contributed by atoms with E-state index in [1.54, 1.807) is 18.2 Å². The molecule has 3 aliphatic rings. The summed E-state index contributed by atoms with van der Waals surface area (Å²) in [7, 11) is -3.62. The minimum atomic E-state index is -4.69. The molecule has 0 atom stereocenters. The number of nitrogens with one attached hydrogen (secondary N) is 1. The Hall–Kier alpha value is -2.81. The van der Waals surface area contributed by atoms with E-state index in [1.807, 2.05) is 0 Å². The van der Waals surface area contributed by atoms with Crippen LogP contribution in [0.5, 0.6) is 0 Å². The fourth-order valence-electron chi connectivity index (χ4n) is 6.54. The Balaban J connectivity index is 1.12. The van der Waals surface area contributed by atoms with Crippen molar-refractivity contribution in [3.8, 4) is 23.6 Å². The highest BCUT2D eigenvalue weighted by Crippen LogP contribution is 2.36. The molecule has 0 radical (unpaired) electrons. The van der Waals surface area contributed by atoms with Crippen molar-refractivity contribution < 1.29 is 31.4 Å². The van der Waals surface area contributed by atoms with Crippen LogP contribution in [0.3, 0.4) is 0 Å². The van der Waals surface area contributed by atoms with E-state index in [4.69, 9.17) is 11.2 Å². The minimum absolute atomic E-state index is 0.0240. The smallest absolute Gasteiger partial charge is 0.389 e. The van der Waals surface area contributed by atoms with Crippen molar-refractivity contribution in [2.75, 3.05) is 57.7 Å². The molecule has 5 rings (SSSR count). The number of hydrogen-bond donors (Lipinski definition) is 2. The zero-order valence-electron chi connectivity index (χ0n) is 27.0. The molecule has 2 N–H and O–H groups in total. The maximum absolute atomic E-state index is 13.8. The number of nitrogens with zero attached hydrogens (tertiary/aromatic N) is 7. The molecular formula is C31H45F3N8O4S. The number of halogens is 3. The molecule has 0 saturated carbocycles. The minimum Gasteiger partial charge on any atom is -0.389 e. The Morgan fingerprint density at radius 2 is 1.66 bits per heavy atom. The van der Waals surface area contributed by atoms with Gasteiger partial charge in [0.2, 0.25) is 5.95 Å². The van der Waals surface area contributed by atoms with Crippen molar-refractivity contribution in [2.24, 2.45) is 5.92 Å². The Labute approximate surface area is 274 Å². The molecule has 3 fully saturated rings. The van der Waals surface area contributed by atoms with Crippen molar-refractivity contribution in [3.05, 3.63) is 24.2 Å². The summed E-state index contributed by atoms with van der Waals surface area (Å²) in [5.41, 5.74) is -2.28. The van der Waals surface area contributed by atoms with E-state index in [0.717, 1.165) is 51.5 Å². The lowest BCUT2D eigenvalue weighted by Gasteiger charge is -2.39. The van der Waals surface area contributed by atoms with E-state index in [2.05, 4.69) is 31.2 Å². The summed E-state index contributed by atoms with van der Waals surface area (Å²) in [5.74, 6) is 2.99. The SMILES string of the molecule is C#CCOC1CCN(CC2CCN(S(=O)(=O)N3CCC(Nc4ncc(C(F)(F)F)c(-c5cnn(CC(C)(C)O)c5)n4)CC3)CC2)CC1. The Bertz CT molecular complexity index is 1480. The number of piperidine rings is 3. The maximum Gasteiger partial charge on any atom is 0.419 e. The Kier molecular flexibility index (Phi) is 11.1. The first kappa shape index (κ1) is 35.5. The number of terminal acetylenes is 1. The number of ether oxygens (including phenoxy) is 1. The monoisotopic (exact) mass is 682 g/mol. The summed E-state index contributed by atoms with van der Waals surface area (Å²) in [6.07, 6.45) is 8.73. The molecule has 260 valence electrons. The lowest BCUT2D eigenvalue weighted by molar-refractivity contribution is -0.137. The summed E-state index contributed by atoms with van der Waals surface area (Å²) in [5, 5.41) is 17.3. The van der Waals surface area contributed by atoms with Gasteiger partial charge in [0.1, 0.15) is 12.2 Å². The highest BCUT2D eigenvalue weighted by atomic mass is 32.2. The van der Waals surface area contributed by atoms with Gasteiger partial charge >= 0.3 is 6.18 Å². The third-order valence-electron chi connectivity index (χ3n) is 9.02. The van der Waals surface area contributed by atoms with Crippen LogP contribution in [0.1, 0.15) is 57.9 Å².